The van der Waals surface area contributed by atoms with Crippen LogP contribution in [0.5, 0.6) is 5.75 Å². The molecule has 0 atom stereocenters. The summed E-state index contributed by atoms with van der Waals surface area (Å²) >= 11 is 11.8. The number of ether oxygens (including phenoxy) is 1. The minimum Gasteiger partial charge on any atom is -0.497 e. The molecule has 7 nitrogen and oxygen atoms in total. The van der Waals surface area contributed by atoms with Gasteiger partial charge in [-0.3, -0.25) is 4.79 Å². The number of hydrogen-bond acceptors (Lipinski definition) is 5. The standard InChI is InChI=1S/C23H21Cl2N3O4S/c1-32-21-10-4-17(5-11-21)14-26-27-23(29)16-28(15-18-2-6-19(24)7-3-18)33(30,31)22-12-8-20(25)9-13-22/h2-14H,15-16H2,1H3,(H,27,29)/b26-14-. The number of amides is 1. The SMILES string of the molecule is COc1ccc(/C=N\NC(=O)CN(Cc2ccc(Cl)cc2)S(=O)(=O)c2ccc(Cl)cc2)cc1. The molecule has 3 aromatic rings. The maximum atomic E-state index is 13.2. The predicted octanol–water partition coefficient (Wildman–Crippen LogP) is 4.34. The summed E-state index contributed by atoms with van der Waals surface area (Å²) in [5, 5.41) is 4.84. The van der Waals surface area contributed by atoms with E-state index in [0.29, 0.717) is 21.4 Å². The molecule has 3 rings (SSSR count). The molecule has 0 aliphatic rings. The van der Waals surface area contributed by atoms with Crippen molar-refractivity contribution in [2.24, 2.45) is 5.10 Å². The van der Waals surface area contributed by atoms with Crippen LogP contribution in [0.4, 0.5) is 0 Å². The first-order chi connectivity index (χ1) is 15.8. The fourth-order valence-corrected chi connectivity index (χ4v) is 4.48. The Morgan fingerprint density at radius 1 is 0.970 bits per heavy atom. The molecule has 0 aliphatic carbocycles. The molecule has 0 saturated heterocycles. The Kier molecular flexibility index (Phi) is 8.46. The molecule has 0 spiro atoms. The highest BCUT2D eigenvalue weighted by Crippen LogP contribution is 2.21. The van der Waals surface area contributed by atoms with E-state index in [1.54, 1.807) is 55.6 Å². The van der Waals surface area contributed by atoms with Gasteiger partial charge in [-0.15, -0.1) is 0 Å². The van der Waals surface area contributed by atoms with Crippen molar-refractivity contribution in [2.75, 3.05) is 13.7 Å². The fourth-order valence-electron chi connectivity index (χ4n) is 2.84. The predicted molar refractivity (Wildman–Crippen MR) is 129 cm³/mol. The van der Waals surface area contributed by atoms with E-state index < -0.39 is 22.5 Å². The quantitative estimate of drug-likeness (QED) is 0.346. The first-order valence-electron chi connectivity index (χ1n) is 9.74. The lowest BCUT2D eigenvalue weighted by Gasteiger charge is -2.21. The summed E-state index contributed by atoms with van der Waals surface area (Å²) < 4.78 is 32.6. The molecule has 0 unspecified atom stereocenters. The van der Waals surface area contributed by atoms with Crippen LogP contribution in [-0.2, 0) is 21.4 Å². The van der Waals surface area contributed by atoms with E-state index in [1.165, 1.54) is 30.5 Å². The Morgan fingerprint density at radius 3 is 2.12 bits per heavy atom. The molecule has 0 aliphatic heterocycles. The van der Waals surface area contributed by atoms with Gasteiger partial charge in [-0.25, -0.2) is 13.8 Å². The zero-order valence-corrected chi connectivity index (χ0v) is 19.9. The molecule has 172 valence electrons. The molecular weight excluding hydrogens is 485 g/mol. The highest BCUT2D eigenvalue weighted by atomic mass is 35.5. The summed E-state index contributed by atoms with van der Waals surface area (Å²) in [6, 6.07) is 19.5. The van der Waals surface area contributed by atoms with Crippen molar-refractivity contribution < 1.29 is 17.9 Å². The Hall–Kier alpha value is -2.91. The largest absolute Gasteiger partial charge is 0.497 e. The van der Waals surface area contributed by atoms with Gasteiger partial charge in [-0.1, -0.05) is 35.3 Å². The number of benzene rings is 3. The first-order valence-corrected chi connectivity index (χ1v) is 11.9. The van der Waals surface area contributed by atoms with Crippen LogP contribution in [0.25, 0.3) is 0 Å². The number of carbonyl (C=O) groups is 1. The van der Waals surface area contributed by atoms with Gasteiger partial charge in [0.15, 0.2) is 0 Å². The van der Waals surface area contributed by atoms with E-state index in [-0.39, 0.29) is 11.4 Å². The number of nitrogens with one attached hydrogen (secondary N) is 1. The van der Waals surface area contributed by atoms with Gasteiger partial charge in [0.05, 0.1) is 24.8 Å². The van der Waals surface area contributed by atoms with Crippen LogP contribution in [0.2, 0.25) is 10.0 Å². The molecule has 3 aromatic carbocycles. The third-order valence-electron chi connectivity index (χ3n) is 4.56. The number of rotatable bonds is 9. The van der Waals surface area contributed by atoms with E-state index in [2.05, 4.69) is 10.5 Å². The Labute approximate surface area is 202 Å². The van der Waals surface area contributed by atoms with Gasteiger partial charge in [-0.05, 0) is 71.8 Å². The van der Waals surface area contributed by atoms with Crippen molar-refractivity contribution in [3.8, 4) is 5.75 Å². The number of methoxy groups -OCH3 is 1. The van der Waals surface area contributed by atoms with Crippen molar-refractivity contribution in [3.05, 3.63) is 94.0 Å². The molecular formula is C23H21Cl2N3O4S. The summed E-state index contributed by atoms with van der Waals surface area (Å²) in [6.45, 7) is -0.467. The number of hydrogen-bond donors (Lipinski definition) is 1. The van der Waals surface area contributed by atoms with Crippen LogP contribution in [0.3, 0.4) is 0 Å². The van der Waals surface area contributed by atoms with Gasteiger partial charge in [-0.2, -0.15) is 9.41 Å². The van der Waals surface area contributed by atoms with Crippen LogP contribution < -0.4 is 10.2 Å². The monoisotopic (exact) mass is 505 g/mol. The molecule has 1 N–H and O–H groups in total. The Bertz CT molecular complexity index is 1210. The fraction of sp³-hybridized carbons (Fsp3) is 0.130. The molecule has 0 heterocycles. The summed E-state index contributed by atoms with van der Waals surface area (Å²) in [5.41, 5.74) is 3.78. The highest BCUT2D eigenvalue weighted by molar-refractivity contribution is 7.89. The van der Waals surface area contributed by atoms with Crippen molar-refractivity contribution in [1.82, 2.24) is 9.73 Å². The van der Waals surface area contributed by atoms with Gasteiger partial charge >= 0.3 is 0 Å². The molecule has 10 heteroatoms. The molecule has 0 bridgehead atoms. The zero-order chi connectivity index (χ0) is 23.8. The van der Waals surface area contributed by atoms with Crippen LogP contribution in [0.1, 0.15) is 11.1 Å². The van der Waals surface area contributed by atoms with E-state index in [9.17, 15) is 13.2 Å². The number of hydrazone groups is 1. The van der Waals surface area contributed by atoms with Gasteiger partial charge in [0.2, 0.25) is 10.0 Å². The van der Waals surface area contributed by atoms with Crippen molar-refractivity contribution >= 4 is 45.3 Å². The van der Waals surface area contributed by atoms with Gasteiger partial charge in [0.1, 0.15) is 5.75 Å². The van der Waals surface area contributed by atoms with Crippen molar-refractivity contribution in [3.63, 3.8) is 0 Å². The normalized spacial score (nSPS) is 11.6. The van der Waals surface area contributed by atoms with Crippen LogP contribution in [0, 0.1) is 0 Å². The van der Waals surface area contributed by atoms with E-state index in [1.807, 2.05) is 0 Å². The maximum absolute atomic E-state index is 13.2. The van der Waals surface area contributed by atoms with Crippen LogP contribution >= 0.6 is 23.2 Å². The second kappa shape index (κ2) is 11.3. The summed E-state index contributed by atoms with van der Waals surface area (Å²) in [4.78, 5) is 12.6. The van der Waals surface area contributed by atoms with Crippen molar-refractivity contribution in [1.29, 1.82) is 0 Å². The summed E-state index contributed by atoms with van der Waals surface area (Å²) in [5.74, 6) is 0.104. The number of sulfonamides is 1. The summed E-state index contributed by atoms with van der Waals surface area (Å²) in [6.07, 6.45) is 1.45. The van der Waals surface area contributed by atoms with Gasteiger partial charge in [0.25, 0.3) is 5.91 Å². The molecule has 0 aromatic heterocycles. The van der Waals surface area contributed by atoms with E-state index >= 15 is 0 Å². The number of nitrogens with zero attached hydrogens (tertiary/aromatic N) is 2. The third-order valence-corrected chi connectivity index (χ3v) is 6.87. The second-order valence-electron chi connectivity index (χ2n) is 6.92. The molecule has 0 saturated carbocycles. The summed E-state index contributed by atoms with van der Waals surface area (Å²) in [7, 11) is -2.42. The average Bonchev–Trinajstić information content (AvgIpc) is 2.81. The van der Waals surface area contributed by atoms with Crippen LogP contribution in [0.15, 0.2) is 82.8 Å². The average molecular weight is 506 g/mol. The lowest BCUT2D eigenvalue weighted by molar-refractivity contribution is -0.121. The molecule has 1 amide bonds. The molecule has 0 fully saturated rings. The lowest BCUT2D eigenvalue weighted by Crippen LogP contribution is -2.39. The van der Waals surface area contributed by atoms with Gasteiger partial charge < -0.3 is 4.74 Å². The minimum atomic E-state index is -3.99. The van der Waals surface area contributed by atoms with Crippen molar-refractivity contribution in [2.45, 2.75) is 11.4 Å². The Morgan fingerprint density at radius 2 is 1.55 bits per heavy atom. The third kappa shape index (κ3) is 7.03. The van der Waals surface area contributed by atoms with E-state index in [4.69, 9.17) is 27.9 Å². The molecule has 33 heavy (non-hydrogen) atoms. The maximum Gasteiger partial charge on any atom is 0.255 e. The molecule has 0 radical (unpaired) electrons. The Balaban J connectivity index is 1.76. The number of carbonyl (C=O) groups excluding carboxylic acids is 1. The number of halogens is 2. The lowest BCUT2D eigenvalue weighted by atomic mass is 10.2. The smallest absolute Gasteiger partial charge is 0.255 e. The highest BCUT2D eigenvalue weighted by Gasteiger charge is 2.27. The minimum absolute atomic E-state index is 0.0235. The van der Waals surface area contributed by atoms with E-state index in [0.717, 1.165) is 9.87 Å². The zero-order valence-electron chi connectivity index (χ0n) is 17.6. The topological polar surface area (TPSA) is 88.1 Å². The van der Waals surface area contributed by atoms with Gasteiger partial charge in [0, 0.05) is 16.6 Å². The first kappa shape index (κ1) is 24.7. The second-order valence-corrected chi connectivity index (χ2v) is 9.73. The van der Waals surface area contributed by atoms with Crippen LogP contribution in [-0.4, -0.2) is 38.5 Å².